The van der Waals surface area contributed by atoms with Gasteiger partial charge in [0.15, 0.2) is 0 Å². The van der Waals surface area contributed by atoms with E-state index in [1.807, 2.05) is 0 Å². The summed E-state index contributed by atoms with van der Waals surface area (Å²) in [4.78, 5) is 23.0. The number of hydrogen-bond donors (Lipinski definition) is 0. The maximum Gasteiger partial charge on any atom is 0.238 e. The second-order valence-electron chi connectivity index (χ2n) is 2.24. The Morgan fingerprint density at radius 1 is 1.82 bits per heavy atom. The molecule has 0 N–H and O–H groups in total. The van der Waals surface area contributed by atoms with E-state index in [9.17, 15) is 9.59 Å². The van der Waals surface area contributed by atoms with Crippen LogP contribution in [0.4, 0.5) is 0 Å². The molecule has 1 heterocycles. The van der Waals surface area contributed by atoms with Crippen molar-refractivity contribution in [1.82, 2.24) is 4.90 Å². The van der Waals surface area contributed by atoms with Gasteiger partial charge in [-0.1, -0.05) is 24.0 Å². The number of amides is 1. The monoisotopic (exact) mass is 189 g/mol. The van der Waals surface area contributed by atoms with E-state index in [0.29, 0.717) is 10.1 Å². The second-order valence-corrected chi connectivity index (χ2v) is 3.85. The maximum absolute atomic E-state index is 11.0. The summed E-state index contributed by atoms with van der Waals surface area (Å²) < 4.78 is 0.519. The zero-order valence-electron chi connectivity index (χ0n) is 5.99. The van der Waals surface area contributed by atoms with E-state index in [4.69, 9.17) is 12.2 Å². The van der Waals surface area contributed by atoms with Gasteiger partial charge in [0.1, 0.15) is 10.1 Å². The van der Waals surface area contributed by atoms with Gasteiger partial charge in [-0.2, -0.15) is 0 Å². The lowest BCUT2D eigenvalue weighted by atomic mass is 10.4. The normalized spacial score (nSPS) is 17.7. The number of Topliss-reactive ketones (excluding diaryl/α,β-unsaturated/α-hetero) is 1. The zero-order chi connectivity index (χ0) is 8.43. The van der Waals surface area contributed by atoms with Crippen LogP contribution in [-0.2, 0) is 9.59 Å². The highest BCUT2D eigenvalue weighted by molar-refractivity contribution is 8.23. The number of thioether (sulfide) groups is 1. The van der Waals surface area contributed by atoms with Gasteiger partial charge in [-0.15, -0.1) is 0 Å². The molecular formula is C6H7NO2S2. The van der Waals surface area contributed by atoms with Gasteiger partial charge in [0.05, 0.1) is 12.3 Å². The fourth-order valence-electron chi connectivity index (χ4n) is 0.757. The number of ketones is 1. The minimum atomic E-state index is -0.0600. The number of carbonyl (C=O) groups is 2. The molecular weight excluding hydrogens is 182 g/mol. The molecule has 0 aromatic heterocycles. The first kappa shape index (κ1) is 8.67. The lowest BCUT2D eigenvalue weighted by Gasteiger charge is -2.11. The van der Waals surface area contributed by atoms with Crippen LogP contribution in [0.1, 0.15) is 6.92 Å². The Morgan fingerprint density at radius 2 is 2.45 bits per heavy atom. The third-order valence-electron chi connectivity index (χ3n) is 1.22. The third-order valence-corrected chi connectivity index (χ3v) is 2.65. The van der Waals surface area contributed by atoms with Crippen molar-refractivity contribution in [2.45, 2.75) is 6.92 Å². The molecule has 3 nitrogen and oxygen atoms in total. The molecule has 5 heteroatoms. The molecule has 60 valence electrons. The van der Waals surface area contributed by atoms with Gasteiger partial charge in [0.2, 0.25) is 5.91 Å². The first-order chi connectivity index (χ1) is 5.11. The minimum Gasteiger partial charge on any atom is -0.298 e. The standard InChI is InChI=1S/C6H7NO2S2/c1-4(8)2-7-5(9)3-11-6(7)10/h2-3H2,1H3. The molecule has 0 saturated carbocycles. The van der Waals surface area contributed by atoms with Crippen LogP contribution in [-0.4, -0.2) is 33.2 Å². The highest BCUT2D eigenvalue weighted by Crippen LogP contribution is 2.18. The molecule has 1 rings (SSSR count). The highest BCUT2D eigenvalue weighted by Gasteiger charge is 2.26. The average molecular weight is 189 g/mol. The Kier molecular flexibility index (Phi) is 2.62. The number of hydrogen-bond acceptors (Lipinski definition) is 4. The van der Waals surface area contributed by atoms with Crippen LogP contribution in [0, 0.1) is 0 Å². The Hall–Kier alpha value is -0.420. The van der Waals surface area contributed by atoms with Crippen LogP contribution in [0.3, 0.4) is 0 Å². The summed E-state index contributed by atoms with van der Waals surface area (Å²) in [5.41, 5.74) is 0. The van der Waals surface area contributed by atoms with Crippen molar-refractivity contribution in [1.29, 1.82) is 0 Å². The summed E-state index contributed by atoms with van der Waals surface area (Å²) in [6.07, 6.45) is 0. The summed E-state index contributed by atoms with van der Waals surface area (Å²) in [5.74, 6) is 0.282. The van der Waals surface area contributed by atoms with E-state index in [-0.39, 0.29) is 18.2 Å². The summed E-state index contributed by atoms with van der Waals surface area (Å²) in [6, 6.07) is 0. The van der Waals surface area contributed by atoms with E-state index in [0.717, 1.165) is 0 Å². The molecule has 0 radical (unpaired) electrons. The van der Waals surface area contributed by atoms with E-state index in [2.05, 4.69) is 0 Å². The maximum atomic E-state index is 11.0. The second kappa shape index (κ2) is 3.32. The van der Waals surface area contributed by atoms with Crippen molar-refractivity contribution in [3.63, 3.8) is 0 Å². The van der Waals surface area contributed by atoms with Crippen LogP contribution in [0.15, 0.2) is 0 Å². The van der Waals surface area contributed by atoms with Crippen LogP contribution >= 0.6 is 24.0 Å². The van der Waals surface area contributed by atoms with Crippen molar-refractivity contribution in [2.75, 3.05) is 12.3 Å². The predicted molar refractivity (Wildman–Crippen MR) is 47.5 cm³/mol. The average Bonchev–Trinajstić information content (AvgIpc) is 2.18. The lowest BCUT2D eigenvalue weighted by Crippen LogP contribution is -2.32. The largest absolute Gasteiger partial charge is 0.298 e. The van der Waals surface area contributed by atoms with E-state index < -0.39 is 0 Å². The van der Waals surface area contributed by atoms with Crippen molar-refractivity contribution < 1.29 is 9.59 Å². The van der Waals surface area contributed by atoms with Gasteiger partial charge in [0.25, 0.3) is 0 Å². The van der Waals surface area contributed by atoms with Gasteiger partial charge in [0, 0.05) is 0 Å². The van der Waals surface area contributed by atoms with Crippen LogP contribution in [0.2, 0.25) is 0 Å². The minimum absolute atomic E-state index is 0.0387. The van der Waals surface area contributed by atoms with Crippen molar-refractivity contribution in [3.8, 4) is 0 Å². The number of thiocarbonyl (C=S) groups is 1. The molecule has 0 spiro atoms. The number of carbonyl (C=O) groups excluding carboxylic acids is 2. The molecule has 0 bridgehead atoms. The van der Waals surface area contributed by atoms with Gasteiger partial charge in [-0.3, -0.25) is 14.5 Å². The Bertz CT molecular complexity index is 211. The molecule has 0 aliphatic carbocycles. The van der Waals surface area contributed by atoms with Crippen LogP contribution < -0.4 is 0 Å². The van der Waals surface area contributed by atoms with Crippen LogP contribution in [0.5, 0.6) is 0 Å². The van der Waals surface area contributed by atoms with Gasteiger partial charge >= 0.3 is 0 Å². The zero-order valence-corrected chi connectivity index (χ0v) is 7.63. The number of nitrogens with zero attached hydrogens (tertiary/aromatic N) is 1. The Balaban J connectivity index is 2.62. The first-order valence-corrected chi connectivity index (χ1v) is 4.47. The molecule has 0 unspecified atom stereocenters. The van der Waals surface area contributed by atoms with Gasteiger partial charge in [-0.25, -0.2) is 0 Å². The Morgan fingerprint density at radius 3 is 2.82 bits per heavy atom. The van der Waals surface area contributed by atoms with Gasteiger partial charge in [-0.05, 0) is 6.92 Å². The van der Waals surface area contributed by atoms with E-state index in [1.54, 1.807) is 0 Å². The highest BCUT2D eigenvalue weighted by atomic mass is 32.2. The third kappa shape index (κ3) is 2.00. The molecule has 0 aromatic carbocycles. The van der Waals surface area contributed by atoms with E-state index >= 15 is 0 Å². The molecule has 11 heavy (non-hydrogen) atoms. The Labute approximate surface area is 74.1 Å². The summed E-state index contributed by atoms with van der Waals surface area (Å²) >= 11 is 6.16. The van der Waals surface area contributed by atoms with Gasteiger partial charge < -0.3 is 0 Å². The SMILES string of the molecule is CC(=O)CN1C(=O)CSC1=S. The molecule has 0 aromatic rings. The van der Waals surface area contributed by atoms with Crippen molar-refractivity contribution >= 4 is 40.0 Å². The van der Waals surface area contributed by atoms with Crippen LogP contribution in [0.25, 0.3) is 0 Å². The predicted octanol–water partition coefficient (Wildman–Crippen LogP) is 0.436. The lowest BCUT2D eigenvalue weighted by molar-refractivity contribution is -0.128. The molecule has 1 aliphatic heterocycles. The number of rotatable bonds is 2. The quantitative estimate of drug-likeness (QED) is 0.591. The summed E-state index contributed by atoms with van der Waals surface area (Å²) in [6.45, 7) is 1.57. The topological polar surface area (TPSA) is 37.4 Å². The molecule has 1 saturated heterocycles. The van der Waals surface area contributed by atoms with Crippen molar-refractivity contribution in [2.24, 2.45) is 0 Å². The van der Waals surface area contributed by atoms with E-state index in [1.165, 1.54) is 23.6 Å². The summed E-state index contributed by atoms with van der Waals surface area (Å²) in [5, 5.41) is 0. The molecule has 0 atom stereocenters. The summed E-state index contributed by atoms with van der Waals surface area (Å²) in [7, 11) is 0. The fraction of sp³-hybridized carbons (Fsp3) is 0.500. The van der Waals surface area contributed by atoms with Crippen molar-refractivity contribution in [3.05, 3.63) is 0 Å². The first-order valence-electron chi connectivity index (χ1n) is 3.08. The molecule has 1 fully saturated rings. The molecule has 1 amide bonds. The molecule has 1 aliphatic rings. The smallest absolute Gasteiger partial charge is 0.238 e. The fourth-order valence-corrected chi connectivity index (χ4v) is 1.82.